The average molecular weight is 600 g/mol. The van der Waals surface area contributed by atoms with Crippen molar-refractivity contribution in [2.75, 3.05) is 0 Å². The molecule has 0 aliphatic carbocycles. The van der Waals surface area contributed by atoms with E-state index in [4.69, 9.17) is 9.05 Å². The lowest BCUT2D eigenvalue weighted by Crippen LogP contribution is -2.30. The second kappa shape index (κ2) is 17.5. The van der Waals surface area contributed by atoms with Crippen molar-refractivity contribution in [2.24, 2.45) is 0 Å². The lowest BCUT2D eigenvalue weighted by atomic mass is 10.0. The largest absolute Gasteiger partial charge is 0.736 e. The predicted octanol–water partition coefficient (Wildman–Crippen LogP) is 8.76. The summed E-state index contributed by atoms with van der Waals surface area (Å²) >= 11 is 1.64. The minimum absolute atomic E-state index is 0.00487. The van der Waals surface area contributed by atoms with Crippen LogP contribution in [0.3, 0.4) is 0 Å². The van der Waals surface area contributed by atoms with Crippen LogP contribution in [0.25, 0.3) is 0 Å². The third-order valence-corrected chi connectivity index (χ3v) is 8.86. The third kappa shape index (κ3) is 12.5. The molecule has 8 heteroatoms. The minimum atomic E-state index is -4.77. The number of benzene rings is 2. The van der Waals surface area contributed by atoms with Gasteiger partial charge in [0, 0.05) is 5.56 Å². The second-order valence-electron chi connectivity index (χ2n) is 10.9. The highest BCUT2D eigenvalue weighted by Crippen LogP contribution is 2.42. The Labute approximate surface area is 250 Å². The molecular weight excluding hydrogens is 553 g/mol. The maximum atomic E-state index is 12.8. The molecule has 0 aliphatic rings. The first-order valence-electron chi connectivity index (χ1n) is 15.1. The number of nitrogens with zero attached hydrogens (tertiary/aromatic N) is 1. The van der Waals surface area contributed by atoms with E-state index >= 15 is 0 Å². The summed E-state index contributed by atoms with van der Waals surface area (Å²) < 4.78 is 25.3. The number of thiazole rings is 1. The van der Waals surface area contributed by atoms with Crippen LogP contribution in [0.2, 0.25) is 0 Å². The Hall–Kier alpha value is -2.47. The molecule has 0 saturated carbocycles. The number of carbonyl (C=O) groups excluding carboxylic acids is 1. The summed E-state index contributed by atoms with van der Waals surface area (Å²) in [4.78, 5) is 26.3. The lowest BCUT2D eigenvalue weighted by molar-refractivity contribution is -0.683. The fraction of sp³-hybridized carbons (Fsp3) is 0.515. The van der Waals surface area contributed by atoms with Gasteiger partial charge >= 0.3 is 7.82 Å². The van der Waals surface area contributed by atoms with E-state index < -0.39 is 7.82 Å². The van der Waals surface area contributed by atoms with Gasteiger partial charge in [-0.2, -0.15) is 4.57 Å². The van der Waals surface area contributed by atoms with E-state index in [1.807, 2.05) is 35.3 Å². The van der Waals surface area contributed by atoms with Gasteiger partial charge in [-0.1, -0.05) is 107 Å². The molecule has 1 atom stereocenters. The van der Waals surface area contributed by atoms with Crippen LogP contribution in [0.15, 0.2) is 54.2 Å². The van der Waals surface area contributed by atoms with Gasteiger partial charge in [0.15, 0.2) is 18.5 Å². The SMILES string of the molecule is CCCCCCCCCCCCCCc1ccc(OP(=O)([O-])Oc2cccc(C[n+]3csc(C)c3)c2)c(C(C)=O)c1. The first-order valence-corrected chi connectivity index (χ1v) is 17.5. The Morgan fingerprint density at radius 2 is 1.54 bits per heavy atom. The zero-order chi connectivity index (χ0) is 29.5. The standard InChI is InChI=1S/C33H46NO5PS/c1-4-5-6-7-8-9-10-11-12-13-14-15-17-29-20-21-33(32(23-29)28(3)35)39-40(36,37)38-31-19-16-18-30(22-31)25-34-24-27(2)41-26-34/h16,18-24,26H,4-15,17,25H2,1-3H3. The highest BCUT2D eigenvalue weighted by Gasteiger charge is 2.19. The molecule has 1 unspecified atom stereocenters. The first kappa shape index (κ1) is 33.0. The van der Waals surface area contributed by atoms with Crippen LogP contribution in [-0.4, -0.2) is 5.78 Å². The van der Waals surface area contributed by atoms with Gasteiger partial charge in [-0.05, 0) is 56.5 Å². The molecule has 1 aromatic heterocycles. The van der Waals surface area contributed by atoms with Gasteiger partial charge in [0.1, 0.15) is 11.5 Å². The van der Waals surface area contributed by atoms with E-state index in [1.54, 1.807) is 41.7 Å². The minimum Gasteiger partial charge on any atom is -0.736 e. The van der Waals surface area contributed by atoms with Gasteiger partial charge in [0.2, 0.25) is 5.51 Å². The van der Waals surface area contributed by atoms with E-state index in [0.717, 1.165) is 30.4 Å². The molecule has 0 spiro atoms. The molecule has 0 saturated heterocycles. The van der Waals surface area contributed by atoms with Gasteiger partial charge in [-0.3, -0.25) is 4.79 Å². The molecular formula is C33H46NO5PS. The molecule has 0 aliphatic heterocycles. The van der Waals surface area contributed by atoms with Crippen molar-refractivity contribution in [3.63, 3.8) is 0 Å². The molecule has 0 radical (unpaired) electrons. The zero-order valence-electron chi connectivity index (χ0n) is 24.9. The van der Waals surface area contributed by atoms with Crippen molar-refractivity contribution in [1.82, 2.24) is 0 Å². The van der Waals surface area contributed by atoms with Crippen molar-refractivity contribution in [3.05, 3.63) is 75.7 Å². The Balaban J connectivity index is 1.45. The lowest BCUT2D eigenvalue weighted by Gasteiger charge is -2.25. The maximum absolute atomic E-state index is 12.8. The number of carbonyl (C=O) groups is 1. The van der Waals surface area contributed by atoms with Crippen LogP contribution >= 0.6 is 19.2 Å². The molecule has 41 heavy (non-hydrogen) atoms. The quantitative estimate of drug-likeness (QED) is 0.0561. The van der Waals surface area contributed by atoms with E-state index in [-0.39, 0.29) is 22.8 Å². The second-order valence-corrected chi connectivity index (χ2v) is 13.3. The summed E-state index contributed by atoms with van der Waals surface area (Å²) in [6.45, 7) is 6.30. The van der Waals surface area contributed by atoms with Crippen LogP contribution < -0.4 is 18.5 Å². The number of rotatable bonds is 20. The van der Waals surface area contributed by atoms with Crippen molar-refractivity contribution in [1.29, 1.82) is 0 Å². The van der Waals surface area contributed by atoms with E-state index in [9.17, 15) is 14.3 Å². The topological polar surface area (TPSA) is 79.5 Å². The Morgan fingerprint density at radius 1 is 0.878 bits per heavy atom. The maximum Gasteiger partial charge on any atom is 0.372 e. The molecule has 0 N–H and O–H groups in total. The Bertz CT molecular complexity index is 1270. The van der Waals surface area contributed by atoms with E-state index in [0.29, 0.717) is 6.54 Å². The summed E-state index contributed by atoms with van der Waals surface area (Å²) in [6, 6.07) is 12.1. The number of aryl methyl sites for hydroxylation is 2. The number of phosphoric ester groups is 1. The third-order valence-electron chi connectivity index (χ3n) is 7.15. The highest BCUT2D eigenvalue weighted by atomic mass is 32.1. The molecule has 0 amide bonds. The van der Waals surface area contributed by atoms with Crippen LogP contribution in [-0.2, 0) is 17.5 Å². The van der Waals surface area contributed by atoms with E-state index in [2.05, 4.69) is 6.92 Å². The number of unbranched alkanes of at least 4 members (excludes halogenated alkanes) is 11. The van der Waals surface area contributed by atoms with Crippen LogP contribution in [0.5, 0.6) is 11.5 Å². The highest BCUT2D eigenvalue weighted by molar-refractivity contribution is 7.46. The summed E-state index contributed by atoms with van der Waals surface area (Å²) in [5, 5.41) is 0. The van der Waals surface area contributed by atoms with Crippen molar-refractivity contribution in [2.45, 2.75) is 111 Å². The van der Waals surface area contributed by atoms with Gasteiger partial charge in [-0.15, -0.1) is 0 Å². The average Bonchev–Trinajstić information content (AvgIpc) is 3.33. The number of phosphoric acid groups is 1. The fourth-order valence-electron chi connectivity index (χ4n) is 4.97. The summed E-state index contributed by atoms with van der Waals surface area (Å²) in [5.41, 5.74) is 4.16. The Morgan fingerprint density at radius 3 is 2.15 bits per heavy atom. The molecule has 3 aromatic rings. The van der Waals surface area contributed by atoms with Crippen LogP contribution in [0.1, 0.15) is 117 Å². The molecule has 2 aromatic carbocycles. The monoisotopic (exact) mass is 599 g/mol. The van der Waals surface area contributed by atoms with Crippen molar-refractivity contribution < 1.29 is 27.9 Å². The fourth-order valence-corrected chi connectivity index (χ4v) is 6.41. The van der Waals surface area contributed by atoms with Gasteiger partial charge in [-0.25, -0.2) is 4.57 Å². The summed E-state index contributed by atoms with van der Waals surface area (Å²) in [6.07, 6.45) is 18.4. The van der Waals surface area contributed by atoms with Gasteiger partial charge in [0.25, 0.3) is 0 Å². The molecule has 0 fully saturated rings. The summed E-state index contributed by atoms with van der Waals surface area (Å²) in [5.74, 6) is -0.0855. The van der Waals surface area contributed by atoms with Crippen molar-refractivity contribution in [3.8, 4) is 11.5 Å². The molecule has 3 rings (SSSR count). The number of hydrogen-bond acceptors (Lipinski definition) is 6. The van der Waals surface area contributed by atoms with Crippen LogP contribution in [0, 0.1) is 6.92 Å². The molecule has 224 valence electrons. The number of hydrogen-bond donors (Lipinski definition) is 0. The normalized spacial score (nSPS) is 12.7. The van der Waals surface area contributed by atoms with Gasteiger partial charge in [0.05, 0.1) is 10.4 Å². The van der Waals surface area contributed by atoms with E-state index in [1.165, 1.54) is 76.0 Å². The smallest absolute Gasteiger partial charge is 0.372 e. The molecule has 6 nitrogen and oxygen atoms in total. The predicted molar refractivity (Wildman–Crippen MR) is 165 cm³/mol. The Kier molecular flexibility index (Phi) is 14.1. The first-order chi connectivity index (χ1) is 19.8. The molecule has 1 heterocycles. The van der Waals surface area contributed by atoms with Gasteiger partial charge < -0.3 is 13.9 Å². The number of ketones is 1. The summed E-state index contributed by atoms with van der Waals surface area (Å²) in [7, 11) is -4.77. The molecule has 0 bridgehead atoms. The van der Waals surface area contributed by atoms with Crippen LogP contribution in [0.4, 0.5) is 0 Å². The number of Topliss-reactive ketones (excluding diaryl/α,β-unsaturated/α-hetero) is 1. The van der Waals surface area contributed by atoms with Crippen molar-refractivity contribution >= 4 is 24.9 Å². The number of aromatic nitrogens is 1. The zero-order valence-corrected chi connectivity index (χ0v) is 26.7.